The van der Waals surface area contributed by atoms with E-state index in [-0.39, 0.29) is 31.5 Å². The van der Waals surface area contributed by atoms with Crippen molar-refractivity contribution in [1.82, 2.24) is 4.98 Å². The van der Waals surface area contributed by atoms with E-state index in [1.54, 1.807) is 12.1 Å². The van der Waals surface area contributed by atoms with Gasteiger partial charge in [0.25, 0.3) is 0 Å². The monoisotopic (exact) mass is 618 g/mol. The zero-order valence-electron chi connectivity index (χ0n) is 25.6. The largest absolute Gasteiger partial charge is 0.491 e. The Hall–Kier alpha value is -4.87. The first kappa shape index (κ1) is 33.0. The van der Waals surface area contributed by atoms with Gasteiger partial charge in [-0.15, -0.1) is 0 Å². The molecule has 1 atom stereocenters. The van der Waals surface area contributed by atoms with Gasteiger partial charge in [-0.2, -0.15) is 0 Å². The third kappa shape index (κ3) is 9.82. The van der Waals surface area contributed by atoms with Crippen molar-refractivity contribution in [2.75, 3.05) is 39.4 Å². The van der Waals surface area contributed by atoms with Crippen LogP contribution < -0.4 is 10.1 Å². The van der Waals surface area contributed by atoms with Gasteiger partial charge >= 0.3 is 18.0 Å². The summed E-state index contributed by atoms with van der Waals surface area (Å²) in [7, 11) is 2.57. The number of anilines is 1. The van der Waals surface area contributed by atoms with Crippen LogP contribution in [0.1, 0.15) is 40.5 Å². The number of carbonyl (C=O) groups is 3. The van der Waals surface area contributed by atoms with Crippen LogP contribution in [0.25, 0.3) is 10.9 Å². The van der Waals surface area contributed by atoms with Crippen molar-refractivity contribution in [2.45, 2.75) is 39.1 Å². The van der Waals surface area contributed by atoms with E-state index in [0.29, 0.717) is 54.0 Å². The molecule has 0 fully saturated rings. The molecule has 11 heteroatoms. The van der Waals surface area contributed by atoms with Crippen LogP contribution in [0.4, 0.5) is 10.5 Å². The number of aromatic nitrogens is 1. The predicted molar refractivity (Wildman–Crippen MR) is 167 cm³/mol. The molecule has 3 aromatic carbocycles. The second-order valence-corrected chi connectivity index (χ2v) is 10.1. The van der Waals surface area contributed by atoms with E-state index >= 15 is 0 Å². The van der Waals surface area contributed by atoms with Gasteiger partial charge in [-0.25, -0.2) is 9.59 Å². The molecule has 0 radical (unpaired) electrons. The normalized spacial score (nSPS) is 11.5. The number of carbonyl (C=O) groups excluding carboxylic acids is 3. The summed E-state index contributed by atoms with van der Waals surface area (Å²) in [6.45, 7) is 2.72. The van der Waals surface area contributed by atoms with Crippen LogP contribution in [-0.2, 0) is 48.1 Å². The van der Waals surface area contributed by atoms with E-state index in [9.17, 15) is 14.4 Å². The second-order valence-electron chi connectivity index (χ2n) is 10.1. The molecule has 0 aliphatic carbocycles. The lowest BCUT2D eigenvalue weighted by Crippen LogP contribution is -2.24. The Labute approximate surface area is 261 Å². The number of amides is 1. The van der Waals surface area contributed by atoms with Crippen LogP contribution in [0.3, 0.4) is 0 Å². The number of aromatic amines is 1. The molecule has 4 aromatic rings. The first-order chi connectivity index (χ1) is 21.9. The summed E-state index contributed by atoms with van der Waals surface area (Å²) in [5, 5.41) is 3.41. The summed E-state index contributed by atoms with van der Waals surface area (Å²) in [6.07, 6.45) is -0.381. The minimum atomic E-state index is -0.679. The second kappa shape index (κ2) is 16.8. The Balaban J connectivity index is 1.68. The van der Waals surface area contributed by atoms with E-state index in [1.165, 1.54) is 21.1 Å². The summed E-state index contributed by atoms with van der Waals surface area (Å²) in [5.74, 6) is -0.570. The van der Waals surface area contributed by atoms with Crippen molar-refractivity contribution in [2.24, 2.45) is 0 Å². The first-order valence-corrected chi connectivity index (χ1v) is 14.5. The van der Waals surface area contributed by atoms with Gasteiger partial charge in [-0.05, 0) is 22.8 Å². The van der Waals surface area contributed by atoms with Crippen LogP contribution in [0.5, 0.6) is 5.75 Å². The molecule has 0 bridgehead atoms. The molecular weight excluding hydrogens is 580 g/mol. The van der Waals surface area contributed by atoms with Crippen LogP contribution in [-0.4, -0.2) is 63.2 Å². The molecule has 1 aromatic heterocycles. The summed E-state index contributed by atoms with van der Waals surface area (Å²) in [6, 6.07) is 22.9. The Morgan fingerprint density at radius 1 is 0.867 bits per heavy atom. The Morgan fingerprint density at radius 3 is 2.20 bits per heavy atom. The third-order valence-electron chi connectivity index (χ3n) is 6.84. The zero-order valence-corrected chi connectivity index (χ0v) is 25.6. The highest BCUT2D eigenvalue weighted by atomic mass is 16.5. The number of hydrogen-bond acceptors (Lipinski definition) is 9. The molecule has 0 unspecified atom stereocenters. The van der Waals surface area contributed by atoms with Crippen molar-refractivity contribution >= 4 is 34.6 Å². The molecule has 2 N–H and O–H groups in total. The highest BCUT2D eigenvalue weighted by Gasteiger charge is 2.23. The van der Waals surface area contributed by atoms with Crippen molar-refractivity contribution in [3.8, 4) is 5.75 Å². The summed E-state index contributed by atoms with van der Waals surface area (Å²) in [5.41, 5.74) is 3.84. The van der Waals surface area contributed by atoms with Crippen LogP contribution >= 0.6 is 0 Å². The Bertz CT molecular complexity index is 1550. The molecular formula is C34H38N2O9. The van der Waals surface area contributed by atoms with E-state index in [4.69, 9.17) is 28.4 Å². The van der Waals surface area contributed by atoms with Gasteiger partial charge < -0.3 is 33.4 Å². The number of methoxy groups -OCH3 is 2. The lowest BCUT2D eigenvalue weighted by atomic mass is 10.00. The average molecular weight is 619 g/mol. The van der Waals surface area contributed by atoms with E-state index in [0.717, 1.165) is 11.1 Å². The minimum Gasteiger partial charge on any atom is -0.491 e. The number of nitrogens with one attached hydrogen (secondary N) is 2. The number of ether oxygens (including phenoxy) is 6. The smallest absolute Gasteiger partial charge is 0.411 e. The van der Waals surface area contributed by atoms with Gasteiger partial charge in [0.15, 0.2) is 0 Å². The Kier molecular flexibility index (Phi) is 12.4. The van der Waals surface area contributed by atoms with Gasteiger partial charge in [0.1, 0.15) is 11.4 Å². The van der Waals surface area contributed by atoms with Gasteiger partial charge in [0, 0.05) is 31.2 Å². The molecule has 0 saturated heterocycles. The van der Waals surface area contributed by atoms with Gasteiger partial charge in [-0.3, -0.25) is 10.1 Å². The number of H-pyrrole nitrogens is 1. The number of rotatable bonds is 16. The van der Waals surface area contributed by atoms with E-state index in [1.807, 2.05) is 60.7 Å². The molecule has 0 saturated carbocycles. The number of benzene rings is 3. The molecule has 4 rings (SSSR count). The van der Waals surface area contributed by atoms with Crippen molar-refractivity contribution in [3.05, 3.63) is 95.2 Å². The van der Waals surface area contributed by atoms with Crippen LogP contribution in [0, 0.1) is 0 Å². The van der Waals surface area contributed by atoms with E-state index < -0.39 is 18.2 Å². The maximum atomic E-state index is 12.6. The third-order valence-corrected chi connectivity index (χ3v) is 6.84. The minimum absolute atomic E-state index is 0.186. The number of fused-ring (bicyclic) bond motifs is 1. The van der Waals surface area contributed by atoms with Gasteiger partial charge in [-0.1, -0.05) is 60.7 Å². The Morgan fingerprint density at radius 2 is 1.56 bits per heavy atom. The predicted octanol–water partition coefficient (Wildman–Crippen LogP) is 5.81. The number of hydrogen-bond donors (Lipinski definition) is 2. The molecule has 1 amide bonds. The lowest BCUT2D eigenvalue weighted by molar-refractivity contribution is -0.141. The number of esters is 2. The fourth-order valence-corrected chi connectivity index (χ4v) is 4.67. The quantitative estimate of drug-likeness (QED) is 0.0906. The topological polar surface area (TPSA) is 134 Å². The molecule has 45 heavy (non-hydrogen) atoms. The van der Waals surface area contributed by atoms with Crippen molar-refractivity contribution in [3.63, 3.8) is 0 Å². The lowest BCUT2D eigenvalue weighted by Gasteiger charge is -2.22. The summed E-state index contributed by atoms with van der Waals surface area (Å²) < 4.78 is 33.4. The van der Waals surface area contributed by atoms with E-state index in [2.05, 4.69) is 10.3 Å². The van der Waals surface area contributed by atoms with Crippen LogP contribution in [0.15, 0.2) is 72.8 Å². The molecule has 11 nitrogen and oxygen atoms in total. The van der Waals surface area contributed by atoms with Gasteiger partial charge in [0.2, 0.25) is 0 Å². The fourth-order valence-electron chi connectivity index (χ4n) is 4.67. The summed E-state index contributed by atoms with van der Waals surface area (Å²) >= 11 is 0. The first-order valence-electron chi connectivity index (χ1n) is 14.5. The highest BCUT2D eigenvalue weighted by Crippen LogP contribution is 2.37. The van der Waals surface area contributed by atoms with Crippen molar-refractivity contribution < 1.29 is 42.8 Å². The SMILES string of the molecule is COC(=O)Nc1cc(OCCCOC(C)=O)c2[nH]c(C(=O)OC)cc2c1C[C@@H](COCc1ccccc1)OCc1ccccc1. The summed E-state index contributed by atoms with van der Waals surface area (Å²) in [4.78, 5) is 39.3. The van der Waals surface area contributed by atoms with Crippen molar-refractivity contribution in [1.29, 1.82) is 0 Å². The average Bonchev–Trinajstić information content (AvgIpc) is 3.51. The van der Waals surface area contributed by atoms with Crippen LogP contribution in [0.2, 0.25) is 0 Å². The maximum Gasteiger partial charge on any atom is 0.411 e. The molecule has 0 aliphatic rings. The molecule has 0 aliphatic heterocycles. The standard InChI is InChI=1S/C34H38N2O9/c1-23(37)43-15-10-16-44-31-19-29(36-34(39)41-3)27(28-18-30(33(38)40-2)35-32(28)31)17-26(45-21-25-13-8-5-9-14-25)22-42-20-24-11-6-4-7-12-24/h4-9,11-14,18-19,26,35H,10,15-17,20-22H2,1-3H3,(H,36,39)/t26-/m0/s1. The zero-order chi connectivity index (χ0) is 32.0. The molecule has 0 spiro atoms. The highest BCUT2D eigenvalue weighted by molar-refractivity contribution is 6.02. The maximum absolute atomic E-state index is 12.6. The molecule has 238 valence electrons. The molecule has 1 heterocycles. The fraction of sp³-hybridized carbons (Fsp3) is 0.324. The van der Waals surface area contributed by atoms with Gasteiger partial charge in [0.05, 0.1) is 64.6 Å².